The van der Waals surface area contributed by atoms with Crippen LogP contribution in [0.4, 0.5) is 0 Å². The molecule has 0 aliphatic heterocycles. The average molecular weight is 241 g/mol. The minimum absolute atomic E-state index is 0.130. The number of nitrogens with one attached hydrogen (secondary N) is 1. The molecule has 0 spiro atoms. The van der Waals surface area contributed by atoms with E-state index in [1.807, 2.05) is 12.3 Å². The fraction of sp³-hybridized carbons (Fsp3) is 0.267. The Balaban J connectivity index is 2.23. The zero-order valence-corrected chi connectivity index (χ0v) is 10.6. The van der Waals surface area contributed by atoms with E-state index >= 15 is 0 Å². The van der Waals surface area contributed by atoms with Gasteiger partial charge in [0.1, 0.15) is 0 Å². The fourth-order valence-electron chi connectivity index (χ4n) is 2.21. The molecule has 0 aliphatic carbocycles. The maximum Gasteiger partial charge on any atom is 0.0503 e. The minimum atomic E-state index is 0.130. The Labute approximate surface area is 108 Å². The molecule has 1 atom stereocenters. The molecular formula is C15H19N3. The van der Waals surface area contributed by atoms with Crippen LogP contribution in [0.2, 0.25) is 0 Å². The van der Waals surface area contributed by atoms with Crippen molar-refractivity contribution in [2.24, 2.45) is 5.84 Å². The van der Waals surface area contributed by atoms with Gasteiger partial charge in [-0.25, -0.2) is 0 Å². The van der Waals surface area contributed by atoms with Crippen molar-refractivity contribution in [2.45, 2.75) is 25.8 Å². The standard InChI is InChI=1S/C15H19N3/c1-2-13-7-3-4-8-14(13)15(18-16)10-12-6-5-9-17-11-12/h3-9,11,15,18H,2,10,16H2,1H3. The summed E-state index contributed by atoms with van der Waals surface area (Å²) < 4.78 is 0. The first-order valence-electron chi connectivity index (χ1n) is 6.28. The van der Waals surface area contributed by atoms with Gasteiger partial charge in [0.2, 0.25) is 0 Å². The molecule has 2 rings (SSSR count). The van der Waals surface area contributed by atoms with E-state index < -0.39 is 0 Å². The van der Waals surface area contributed by atoms with Gasteiger partial charge in [-0.3, -0.25) is 16.3 Å². The van der Waals surface area contributed by atoms with Crippen molar-refractivity contribution >= 4 is 0 Å². The molecule has 0 saturated heterocycles. The molecule has 0 saturated carbocycles. The molecule has 0 radical (unpaired) electrons. The van der Waals surface area contributed by atoms with Crippen LogP contribution in [0, 0.1) is 0 Å². The van der Waals surface area contributed by atoms with Crippen LogP contribution in [-0.4, -0.2) is 4.98 Å². The van der Waals surface area contributed by atoms with E-state index in [4.69, 9.17) is 5.84 Å². The Bertz CT molecular complexity index is 482. The number of pyridine rings is 1. The monoisotopic (exact) mass is 241 g/mol. The molecule has 1 aromatic heterocycles. The molecule has 3 nitrogen and oxygen atoms in total. The SMILES string of the molecule is CCc1ccccc1C(Cc1cccnc1)NN. The third kappa shape index (κ3) is 2.94. The number of nitrogens with two attached hydrogens (primary N) is 1. The lowest BCUT2D eigenvalue weighted by atomic mass is 9.95. The van der Waals surface area contributed by atoms with E-state index in [0.29, 0.717) is 0 Å². The van der Waals surface area contributed by atoms with Gasteiger partial charge in [-0.1, -0.05) is 37.3 Å². The van der Waals surface area contributed by atoms with Crippen molar-refractivity contribution in [3.63, 3.8) is 0 Å². The first-order valence-corrected chi connectivity index (χ1v) is 6.28. The highest BCUT2D eigenvalue weighted by molar-refractivity contribution is 5.31. The summed E-state index contributed by atoms with van der Waals surface area (Å²) in [4.78, 5) is 4.14. The molecule has 18 heavy (non-hydrogen) atoms. The van der Waals surface area contributed by atoms with Gasteiger partial charge in [-0.2, -0.15) is 0 Å². The molecule has 0 fully saturated rings. The van der Waals surface area contributed by atoms with Crippen molar-refractivity contribution in [3.8, 4) is 0 Å². The van der Waals surface area contributed by atoms with Gasteiger partial charge in [0.15, 0.2) is 0 Å². The third-order valence-corrected chi connectivity index (χ3v) is 3.18. The van der Waals surface area contributed by atoms with Crippen molar-refractivity contribution in [3.05, 3.63) is 65.5 Å². The number of aryl methyl sites for hydroxylation is 1. The van der Waals surface area contributed by atoms with Crippen LogP contribution in [0.25, 0.3) is 0 Å². The van der Waals surface area contributed by atoms with Gasteiger partial charge in [0.05, 0.1) is 6.04 Å². The second-order valence-electron chi connectivity index (χ2n) is 4.34. The highest BCUT2D eigenvalue weighted by atomic mass is 15.2. The highest BCUT2D eigenvalue weighted by Gasteiger charge is 2.13. The summed E-state index contributed by atoms with van der Waals surface area (Å²) in [7, 11) is 0. The van der Waals surface area contributed by atoms with E-state index in [1.165, 1.54) is 16.7 Å². The maximum absolute atomic E-state index is 5.71. The highest BCUT2D eigenvalue weighted by Crippen LogP contribution is 2.21. The Morgan fingerprint density at radius 2 is 2.06 bits per heavy atom. The van der Waals surface area contributed by atoms with Crippen LogP contribution in [-0.2, 0) is 12.8 Å². The summed E-state index contributed by atoms with van der Waals surface area (Å²) in [5.74, 6) is 5.71. The number of nitrogens with zero attached hydrogens (tertiary/aromatic N) is 1. The van der Waals surface area contributed by atoms with Gasteiger partial charge in [-0.05, 0) is 35.6 Å². The molecule has 0 aliphatic rings. The number of hydrogen-bond acceptors (Lipinski definition) is 3. The van der Waals surface area contributed by atoms with Crippen LogP contribution >= 0.6 is 0 Å². The third-order valence-electron chi connectivity index (χ3n) is 3.18. The summed E-state index contributed by atoms with van der Waals surface area (Å²) in [6.45, 7) is 2.16. The van der Waals surface area contributed by atoms with Gasteiger partial charge in [0.25, 0.3) is 0 Å². The summed E-state index contributed by atoms with van der Waals surface area (Å²) in [6.07, 6.45) is 5.54. The molecule has 1 heterocycles. The van der Waals surface area contributed by atoms with Crippen LogP contribution in [0.5, 0.6) is 0 Å². The summed E-state index contributed by atoms with van der Waals surface area (Å²) >= 11 is 0. The molecule has 1 aromatic carbocycles. The Morgan fingerprint density at radius 1 is 1.22 bits per heavy atom. The molecule has 2 aromatic rings. The number of rotatable bonds is 5. The fourth-order valence-corrected chi connectivity index (χ4v) is 2.21. The molecular weight excluding hydrogens is 222 g/mol. The smallest absolute Gasteiger partial charge is 0.0503 e. The Morgan fingerprint density at radius 3 is 2.72 bits per heavy atom. The number of hydrazine groups is 1. The first kappa shape index (κ1) is 12.7. The van der Waals surface area contributed by atoms with Gasteiger partial charge in [0, 0.05) is 12.4 Å². The number of aromatic nitrogens is 1. The summed E-state index contributed by atoms with van der Waals surface area (Å²) in [5, 5.41) is 0. The molecule has 3 N–H and O–H groups in total. The van der Waals surface area contributed by atoms with E-state index in [-0.39, 0.29) is 6.04 Å². The Kier molecular flexibility index (Phi) is 4.45. The molecule has 0 amide bonds. The quantitative estimate of drug-likeness (QED) is 0.624. The molecule has 1 unspecified atom stereocenters. The van der Waals surface area contributed by atoms with Crippen molar-refractivity contribution < 1.29 is 0 Å². The van der Waals surface area contributed by atoms with Crippen molar-refractivity contribution in [1.29, 1.82) is 0 Å². The lowest BCUT2D eigenvalue weighted by Gasteiger charge is -2.19. The van der Waals surface area contributed by atoms with Crippen LogP contribution in [0.1, 0.15) is 29.7 Å². The maximum atomic E-state index is 5.71. The predicted octanol–water partition coefficient (Wildman–Crippen LogP) is 2.39. The van der Waals surface area contributed by atoms with Gasteiger partial charge in [-0.15, -0.1) is 0 Å². The largest absolute Gasteiger partial charge is 0.271 e. The van der Waals surface area contributed by atoms with E-state index in [0.717, 1.165) is 12.8 Å². The number of benzene rings is 1. The minimum Gasteiger partial charge on any atom is -0.271 e. The van der Waals surface area contributed by atoms with E-state index in [2.05, 4.69) is 47.7 Å². The van der Waals surface area contributed by atoms with Crippen molar-refractivity contribution in [2.75, 3.05) is 0 Å². The van der Waals surface area contributed by atoms with Crippen molar-refractivity contribution in [1.82, 2.24) is 10.4 Å². The molecule has 3 heteroatoms. The van der Waals surface area contributed by atoms with Crippen LogP contribution in [0.3, 0.4) is 0 Å². The zero-order valence-electron chi connectivity index (χ0n) is 10.6. The van der Waals surface area contributed by atoms with Gasteiger partial charge >= 0.3 is 0 Å². The average Bonchev–Trinajstić information content (AvgIpc) is 2.46. The van der Waals surface area contributed by atoms with Crippen LogP contribution in [0.15, 0.2) is 48.8 Å². The second kappa shape index (κ2) is 6.28. The predicted molar refractivity (Wildman–Crippen MR) is 73.8 cm³/mol. The zero-order chi connectivity index (χ0) is 12.8. The van der Waals surface area contributed by atoms with E-state index in [9.17, 15) is 0 Å². The van der Waals surface area contributed by atoms with Gasteiger partial charge < -0.3 is 0 Å². The number of hydrogen-bond donors (Lipinski definition) is 2. The first-order chi connectivity index (χ1) is 8.85. The molecule has 94 valence electrons. The normalized spacial score (nSPS) is 12.3. The lowest BCUT2D eigenvalue weighted by molar-refractivity contribution is 0.547. The summed E-state index contributed by atoms with van der Waals surface area (Å²) in [5.41, 5.74) is 6.71. The topological polar surface area (TPSA) is 50.9 Å². The second-order valence-corrected chi connectivity index (χ2v) is 4.34. The van der Waals surface area contributed by atoms with E-state index in [1.54, 1.807) is 6.20 Å². The van der Waals surface area contributed by atoms with Crippen LogP contribution < -0.4 is 11.3 Å². The Hall–Kier alpha value is -1.71. The molecule has 0 bridgehead atoms. The summed E-state index contributed by atoms with van der Waals surface area (Å²) in [6, 6.07) is 12.6. The lowest BCUT2D eigenvalue weighted by Crippen LogP contribution is -2.30.